The molecule has 6 heteroatoms. The molecule has 0 aliphatic heterocycles. The molecular formula is C17H18N2O4. The highest BCUT2D eigenvalue weighted by Crippen LogP contribution is 2.04. The van der Waals surface area contributed by atoms with Crippen LogP contribution in [0, 0.1) is 0 Å². The lowest BCUT2D eigenvalue weighted by molar-refractivity contribution is -0.160. The molecule has 2 aromatic rings. The molecule has 0 aromatic heterocycles. The molecule has 23 heavy (non-hydrogen) atoms. The first-order valence-corrected chi connectivity index (χ1v) is 7.13. The molecule has 0 saturated heterocycles. The number of hydroxylamine groups is 2. The van der Waals surface area contributed by atoms with E-state index in [1.165, 1.54) is 0 Å². The van der Waals surface area contributed by atoms with Crippen molar-refractivity contribution in [3.8, 4) is 0 Å². The van der Waals surface area contributed by atoms with Crippen LogP contribution in [0.15, 0.2) is 60.7 Å². The van der Waals surface area contributed by atoms with Crippen molar-refractivity contribution in [1.29, 1.82) is 0 Å². The highest BCUT2D eigenvalue weighted by molar-refractivity contribution is 5.79. The van der Waals surface area contributed by atoms with Gasteiger partial charge in [-0.25, -0.2) is 4.79 Å². The number of carbonyl (C=O) groups is 2. The Morgan fingerprint density at radius 3 is 2.09 bits per heavy atom. The molecule has 6 nitrogen and oxygen atoms in total. The van der Waals surface area contributed by atoms with Crippen LogP contribution >= 0.6 is 0 Å². The summed E-state index contributed by atoms with van der Waals surface area (Å²) in [7, 11) is 0. The Bertz CT molecular complexity index is 632. The van der Waals surface area contributed by atoms with E-state index in [1.54, 1.807) is 0 Å². The average molecular weight is 314 g/mol. The molecule has 0 atom stereocenters. The third kappa shape index (κ3) is 5.80. The largest absolute Gasteiger partial charge is 0.480 e. The number of hydrogen-bond acceptors (Lipinski definition) is 3. The summed E-state index contributed by atoms with van der Waals surface area (Å²) in [5, 5.41) is 12.4. The topological polar surface area (TPSA) is 78.9 Å². The predicted octanol–water partition coefficient (Wildman–Crippen LogP) is 2.41. The van der Waals surface area contributed by atoms with Crippen LogP contribution in [0.2, 0.25) is 0 Å². The third-order valence-electron chi connectivity index (χ3n) is 3.02. The Hall–Kier alpha value is -2.86. The van der Waals surface area contributed by atoms with Crippen LogP contribution in [0.25, 0.3) is 0 Å². The van der Waals surface area contributed by atoms with Gasteiger partial charge in [-0.15, -0.1) is 0 Å². The Morgan fingerprint density at radius 1 is 0.957 bits per heavy atom. The smallest absolute Gasteiger partial charge is 0.342 e. The molecule has 0 bridgehead atoms. The van der Waals surface area contributed by atoms with Gasteiger partial charge >= 0.3 is 12.0 Å². The Labute approximate surface area is 134 Å². The molecule has 2 aromatic carbocycles. The van der Waals surface area contributed by atoms with Crippen LogP contribution in [-0.4, -0.2) is 28.7 Å². The number of hydrogen-bond donors (Lipinski definition) is 2. The lowest BCUT2D eigenvalue weighted by Crippen LogP contribution is -2.42. The van der Waals surface area contributed by atoms with Gasteiger partial charge in [-0.2, -0.15) is 5.06 Å². The minimum Gasteiger partial charge on any atom is -0.480 e. The summed E-state index contributed by atoms with van der Waals surface area (Å²) < 4.78 is 0. The molecule has 0 aliphatic rings. The van der Waals surface area contributed by atoms with Crippen molar-refractivity contribution in [2.24, 2.45) is 0 Å². The molecule has 0 heterocycles. The highest BCUT2D eigenvalue weighted by Gasteiger charge is 2.17. The fourth-order valence-electron chi connectivity index (χ4n) is 1.89. The molecule has 0 spiro atoms. The lowest BCUT2D eigenvalue weighted by Gasteiger charge is -2.20. The van der Waals surface area contributed by atoms with Gasteiger partial charge < -0.3 is 10.4 Å². The minimum atomic E-state index is -1.15. The van der Waals surface area contributed by atoms with Crippen LogP contribution in [0.5, 0.6) is 0 Å². The predicted molar refractivity (Wildman–Crippen MR) is 84.3 cm³/mol. The highest BCUT2D eigenvalue weighted by atomic mass is 16.7. The Balaban J connectivity index is 1.91. The summed E-state index contributed by atoms with van der Waals surface area (Å²) >= 11 is 0. The zero-order valence-electron chi connectivity index (χ0n) is 12.5. The van der Waals surface area contributed by atoms with Gasteiger partial charge in [0, 0.05) is 6.54 Å². The number of urea groups is 1. The number of aliphatic carboxylic acids is 1. The van der Waals surface area contributed by atoms with E-state index in [0.717, 1.165) is 16.2 Å². The van der Waals surface area contributed by atoms with Crippen LogP contribution in [0.1, 0.15) is 11.1 Å². The van der Waals surface area contributed by atoms with Crippen molar-refractivity contribution in [1.82, 2.24) is 10.4 Å². The molecule has 2 amide bonds. The summed E-state index contributed by atoms with van der Waals surface area (Å²) in [6.45, 7) is -0.120. The number of rotatable bonds is 7. The maximum Gasteiger partial charge on any atom is 0.342 e. The number of nitrogens with zero attached hydrogens (tertiary/aromatic N) is 1. The van der Waals surface area contributed by atoms with E-state index < -0.39 is 18.5 Å². The normalized spacial score (nSPS) is 10.1. The SMILES string of the molecule is O=C(O)CN(OCc1ccccc1)C(=O)NCc1ccccc1. The monoisotopic (exact) mass is 314 g/mol. The van der Waals surface area contributed by atoms with E-state index in [1.807, 2.05) is 60.7 Å². The van der Waals surface area contributed by atoms with Gasteiger partial charge in [-0.3, -0.25) is 9.63 Å². The maximum absolute atomic E-state index is 12.1. The Kier molecular flexibility index (Phi) is 6.14. The zero-order chi connectivity index (χ0) is 16.5. The fraction of sp³-hybridized carbons (Fsp3) is 0.176. The van der Waals surface area contributed by atoms with Crippen LogP contribution in [-0.2, 0) is 22.8 Å². The summed E-state index contributed by atoms with van der Waals surface area (Å²) in [5.74, 6) is -1.15. The quantitative estimate of drug-likeness (QED) is 0.769. The number of carbonyl (C=O) groups excluding carboxylic acids is 1. The van der Waals surface area contributed by atoms with Crippen molar-refractivity contribution in [3.05, 3.63) is 71.8 Å². The Morgan fingerprint density at radius 2 is 1.52 bits per heavy atom. The first-order chi connectivity index (χ1) is 11.1. The van der Waals surface area contributed by atoms with Crippen molar-refractivity contribution in [3.63, 3.8) is 0 Å². The molecule has 120 valence electrons. The molecule has 0 unspecified atom stereocenters. The van der Waals surface area contributed by atoms with Crippen LogP contribution in [0.4, 0.5) is 4.79 Å². The van der Waals surface area contributed by atoms with Crippen LogP contribution in [0.3, 0.4) is 0 Å². The summed E-state index contributed by atoms with van der Waals surface area (Å²) in [5.41, 5.74) is 1.76. The molecule has 2 rings (SSSR count). The van der Waals surface area contributed by atoms with Gasteiger partial charge in [0.1, 0.15) is 13.2 Å². The maximum atomic E-state index is 12.1. The molecular weight excluding hydrogens is 296 g/mol. The van der Waals surface area contributed by atoms with E-state index in [-0.39, 0.29) is 6.61 Å². The molecule has 0 saturated carbocycles. The first kappa shape index (κ1) is 16.5. The average Bonchev–Trinajstić information content (AvgIpc) is 2.58. The fourth-order valence-corrected chi connectivity index (χ4v) is 1.89. The molecule has 0 aliphatic carbocycles. The summed E-state index contributed by atoms with van der Waals surface area (Å²) in [6, 6.07) is 18.0. The van der Waals surface area contributed by atoms with Gasteiger partial charge in [-0.1, -0.05) is 60.7 Å². The van der Waals surface area contributed by atoms with Gasteiger partial charge in [-0.05, 0) is 11.1 Å². The summed E-state index contributed by atoms with van der Waals surface area (Å²) in [6.07, 6.45) is 0. The van der Waals surface area contributed by atoms with E-state index in [2.05, 4.69) is 5.32 Å². The van der Waals surface area contributed by atoms with E-state index in [4.69, 9.17) is 9.94 Å². The number of amides is 2. The van der Waals surface area contributed by atoms with Crippen molar-refractivity contribution in [2.45, 2.75) is 13.2 Å². The standard InChI is InChI=1S/C17H18N2O4/c20-16(21)12-19(23-13-15-9-5-2-6-10-15)17(22)18-11-14-7-3-1-4-8-14/h1-10H,11-13H2,(H,18,22)(H,20,21). The van der Waals surface area contributed by atoms with Gasteiger partial charge in [0.2, 0.25) is 0 Å². The first-order valence-electron chi connectivity index (χ1n) is 7.13. The van der Waals surface area contributed by atoms with Gasteiger partial charge in [0.05, 0.1) is 0 Å². The van der Waals surface area contributed by atoms with E-state index in [9.17, 15) is 9.59 Å². The van der Waals surface area contributed by atoms with Gasteiger partial charge in [0.15, 0.2) is 0 Å². The van der Waals surface area contributed by atoms with Gasteiger partial charge in [0.25, 0.3) is 0 Å². The molecule has 0 radical (unpaired) electrons. The molecule has 0 fully saturated rings. The number of benzene rings is 2. The minimum absolute atomic E-state index is 0.118. The van der Waals surface area contributed by atoms with Crippen LogP contribution < -0.4 is 5.32 Å². The van der Waals surface area contributed by atoms with Crippen molar-refractivity contribution in [2.75, 3.05) is 6.54 Å². The lowest BCUT2D eigenvalue weighted by atomic mass is 10.2. The third-order valence-corrected chi connectivity index (χ3v) is 3.02. The number of nitrogens with one attached hydrogen (secondary N) is 1. The zero-order valence-corrected chi connectivity index (χ0v) is 12.5. The van der Waals surface area contributed by atoms with Crippen molar-refractivity contribution >= 4 is 12.0 Å². The number of carboxylic acids is 1. The summed E-state index contributed by atoms with van der Waals surface area (Å²) in [4.78, 5) is 28.3. The van der Waals surface area contributed by atoms with E-state index in [0.29, 0.717) is 6.54 Å². The second-order valence-electron chi connectivity index (χ2n) is 4.83. The second-order valence-corrected chi connectivity index (χ2v) is 4.83. The van der Waals surface area contributed by atoms with Crippen molar-refractivity contribution < 1.29 is 19.5 Å². The number of carboxylic acid groups (broad SMARTS) is 1. The second kappa shape index (κ2) is 8.55. The van der Waals surface area contributed by atoms with E-state index >= 15 is 0 Å². The molecule has 2 N–H and O–H groups in total.